The molecule has 1 aromatic rings. The monoisotopic (exact) mass is 240 g/mol. The van der Waals surface area contributed by atoms with Gasteiger partial charge in [-0.15, -0.1) is 0 Å². The van der Waals surface area contributed by atoms with Gasteiger partial charge in [0, 0.05) is 6.54 Å². The number of anilines is 1. The predicted molar refractivity (Wildman–Crippen MR) is 60.6 cm³/mol. The first kappa shape index (κ1) is 12.0. The number of halogens is 2. The summed E-state index contributed by atoms with van der Waals surface area (Å²) in [6, 6.07) is 3.51. The molecule has 2 N–H and O–H groups in total. The Morgan fingerprint density at radius 3 is 2.65 bits per heavy atom. The van der Waals surface area contributed by atoms with Gasteiger partial charge < -0.3 is 10.6 Å². The van der Waals surface area contributed by atoms with Crippen LogP contribution in [0.15, 0.2) is 18.2 Å². The van der Waals surface area contributed by atoms with Gasteiger partial charge in [-0.1, -0.05) is 6.07 Å². The Labute approximate surface area is 98.2 Å². The molecule has 0 spiro atoms. The molecule has 5 heteroatoms. The average molecular weight is 240 g/mol. The molecule has 0 bridgehead atoms. The summed E-state index contributed by atoms with van der Waals surface area (Å²) in [5.41, 5.74) is -0.358. The highest BCUT2D eigenvalue weighted by atomic mass is 19.1. The van der Waals surface area contributed by atoms with Crippen LogP contribution in [0.2, 0.25) is 0 Å². The van der Waals surface area contributed by atoms with Crippen molar-refractivity contribution >= 4 is 11.6 Å². The van der Waals surface area contributed by atoms with Gasteiger partial charge in [0.2, 0.25) is 5.91 Å². The van der Waals surface area contributed by atoms with E-state index < -0.39 is 11.6 Å². The smallest absolute Gasteiger partial charge is 0.228 e. The molecule has 1 heterocycles. The third-order valence-corrected chi connectivity index (χ3v) is 2.88. The van der Waals surface area contributed by atoms with Crippen molar-refractivity contribution in [3.63, 3.8) is 0 Å². The quantitative estimate of drug-likeness (QED) is 0.829. The van der Waals surface area contributed by atoms with Crippen LogP contribution < -0.4 is 10.6 Å². The lowest BCUT2D eigenvalue weighted by atomic mass is 9.99. The minimum atomic E-state index is -0.748. The number of carbonyl (C=O) groups is 1. The highest BCUT2D eigenvalue weighted by molar-refractivity contribution is 5.93. The summed E-state index contributed by atoms with van der Waals surface area (Å²) < 4.78 is 26.6. The van der Waals surface area contributed by atoms with Crippen molar-refractivity contribution in [1.29, 1.82) is 0 Å². The fraction of sp³-hybridized carbons (Fsp3) is 0.417. The van der Waals surface area contributed by atoms with Crippen molar-refractivity contribution in [2.24, 2.45) is 5.92 Å². The molecule has 17 heavy (non-hydrogen) atoms. The van der Waals surface area contributed by atoms with E-state index in [0.29, 0.717) is 6.54 Å². The van der Waals surface area contributed by atoms with E-state index in [1.54, 1.807) is 0 Å². The largest absolute Gasteiger partial charge is 0.321 e. The van der Waals surface area contributed by atoms with Gasteiger partial charge in [-0.2, -0.15) is 0 Å². The molecule has 1 aromatic carbocycles. The van der Waals surface area contributed by atoms with Gasteiger partial charge in [0.05, 0.1) is 5.92 Å². The molecule has 0 radical (unpaired) electrons. The lowest BCUT2D eigenvalue weighted by Crippen LogP contribution is -2.37. The van der Waals surface area contributed by atoms with E-state index in [1.807, 2.05) is 0 Å². The van der Waals surface area contributed by atoms with E-state index in [0.717, 1.165) is 31.5 Å². The van der Waals surface area contributed by atoms with Crippen LogP contribution in [-0.4, -0.2) is 19.0 Å². The van der Waals surface area contributed by atoms with Gasteiger partial charge in [0.25, 0.3) is 0 Å². The van der Waals surface area contributed by atoms with E-state index in [2.05, 4.69) is 10.6 Å². The Morgan fingerprint density at radius 1 is 1.35 bits per heavy atom. The first-order chi connectivity index (χ1) is 8.18. The Hall–Kier alpha value is -1.49. The summed E-state index contributed by atoms with van der Waals surface area (Å²) in [6.07, 6.45) is 1.65. The molecule has 0 aliphatic carbocycles. The topological polar surface area (TPSA) is 41.1 Å². The van der Waals surface area contributed by atoms with Crippen LogP contribution in [0.3, 0.4) is 0 Å². The zero-order valence-corrected chi connectivity index (χ0v) is 9.30. The molecule has 0 saturated carbocycles. The lowest BCUT2D eigenvalue weighted by molar-refractivity contribution is -0.120. The summed E-state index contributed by atoms with van der Waals surface area (Å²) in [6.45, 7) is 1.44. The fourth-order valence-corrected chi connectivity index (χ4v) is 1.92. The van der Waals surface area contributed by atoms with Gasteiger partial charge in [0.1, 0.15) is 17.3 Å². The standard InChI is InChI=1S/C12H14F2N2O/c13-9-4-1-5-10(14)11(9)16-12(17)8-3-2-6-15-7-8/h1,4-5,8,15H,2-3,6-7H2,(H,16,17)/t8-/m1/s1. The first-order valence-corrected chi connectivity index (χ1v) is 5.64. The Kier molecular flexibility index (Phi) is 3.68. The van der Waals surface area contributed by atoms with Crippen molar-refractivity contribution in [2.45, 2.75) is 12.8 Å². The van der Waals surface area contributed by atoms with Gasteiger partial charge >= 0.3 is 0 Å². The molecular weight excluding hydrogens is 226 g/mol. The summed E-state index contributed by atoms with van der Waals surface area (Å²) in [5, 5.41) is 5.40. The molecule has 1 aliphatic heterocycles. The molecule has 0 aromatic heterocycles. The third-order valence-electron chi connectivity index (χ3n) is 2.88. The van der Waals surface area contributed by atoms with Crippen molar-refractivity contribution in [3.8, 4) is 0 Å². The summed E-state index contributed by atoms with van der Waals surface area (Å²) in [7, 11) is 0. The van der Waals surface area contributed by atoms with Crippen molar-refractivity contribution < 1.29 is 13.6 Å². The Balaban J connectivity index is 2.07. The summed E-state index contributed by atoms with van der Waals surface area (Å²) in [5.74, 6) is -2.05. The maximum Gasteiger partial charge on any atom is 0.228 e. The summed E-state index contributed by atoms with van der Waals surface area (Å²) in [4.78, 5) is 11.8. The number of amides is 1. The molecule has 1 saturated heterocycles. The number of carbonyl (C=O) groups excluding carboxylic acids is 1. The molecule has 3 nitrogen and oxygen atoms in total. The number of para-hydroxylation sites is 1. The Morgan fingerprint density at radius 2 is 2.06 bits per heavy atom. The highest BCUT2D eigenvalue weighted by Crippen LogP contribution is 2.20. The molecular formula is C12H14F2N2O. The minimum Gasteiger partial charge on any atom is -0.321 e. The number of piperidine rings is 1. The number of nitrogens with one attached hydrogen (secondary N) is 2. The first-order valence-electron chi connectivity index (χ1n) is 5.64. The van der Waals surface area contributed by atoms with Crippen molar-refractivity contribution in [3.05, 3.63) is 29.8 Å². The summed E-state index contributed by atoms with van der Waals surface area (Å²) >= 11 is 0. The van der Waals surface area contributed by atoms with E-state index in [4.69, 9.17) is 0 Å². The van der Waals surface area contributed by atoms with Gasteiger partial charge in [0.15, 0.2) is 0 Å². The SMILES string of the molecule is O=C(Nc1c(F)cccc1F)[C@@H]1CCCNC1. The fourth-order valence-electron chi connectivity index (χ4n) is 1.92. The third kappa shape index (κ3) is 2.79. The lowest BCUT2D eigenvalue weighted by Gasteiger charge is -2.22. The second-order valence-corrected chi connectivity index (χ2v) is 4.13. The molecule has 2 rings (SSSR count). The van der Waals surface area contributed by atoms with Crippen LogP contribution in [-0.2, 0) is 4.79 Å². The van der Waals surface area contributed by atoms with Gasteiger partial charge in [-0.3, -0.25) is 4.79 Å². The van der Waals surface area contributed by atoms with Crippen LogP contribution in [0.25, 0.3) is 0 Å². The van der Waals surface area contributed by atoms with Crippen LogP contribution in [0.4, 0.5) is 14.5 Å². The van der Waals surface area contributed by atoms with E-state index in [1.165, 1.54) is 6.07 Å². The number of hydrogen-bond acceptors (Lipinski definition) is 2. The molecule has 92 valence electrons. The second kappa shape index (κ2) is 5.23. The van der Waals surface area contributed by atoms with Crippen LogP contribution in [0.1, 0.15) is 12.8 Å². The number of hydrogen-bond donors (Lipinski definition) is 2. The van der Waals surface area contributed by atoms with Gasteiger partial charge in [-0.05, 0) is 31.5 Å². The van der Waals surface area contributed by atoms with Crippen LogP contribution in [0, 0.1) is 17.6 Å². The average Bonchev–Trinajstić information content (AvgIpc) is 2.35. The van der Waals surface area contributed by atoms with E-state index in [-0.39, 0.29) is 17.5 Å². The zero-order chi connectivity index (χ0) is 12.3. The molecule has 1 atom stereocenters. The maximum absolute atomic E-state index is 13.3. The van der Waals surface area contributed by atoms with Crippen LogP contribution >= 0.6 is 0 Å². The van der Waals surface area contributed by atoms with Crippen LogP contribution in [0.5, 0.6) is 0 Å². The highest BCUT2D eigenvalue weighted by Gasteiger charge is 2.22. The van der Waals surface area contributed by atoms with E-state index in [9.17, 15) is 13.6 Å². The number of benzene rings is 1. The number of rotatable bonds is 2. The second-order valence-electron chi connectivity index (χ2n) is 4.13. The normalized spacial score (nSPS) is 20.0. The van der Waals surface area contributed by atoms with Gasteiger partial charge in [-0.25, -0.2) is 8.78 Å². The molecule has 1 aliphatic rings. The zero-order valence-electron chi connectivity index (χ0n) is 9.30. The van der Waals surface area contributed by atoms with E-state index >= 15 is 0 Å². The maximum atomic E-state index is 13.3. The molecule has 1 amide bonds. The van der Waals surface area contributed by atoms with Crippen molar-refractivity contribution in [2.75, 3.05) is 18.4 Å². The Bertz CT molecular complexity index is 397. The molecule has 1 fully saturated rings. The predicted octanol–water partition coefficient (Wildman–Crippen LogP) is 1.90. The van der Waals surface area contributed by atoms with Crippen molar-refractivity contribution in [1.82, 2.24) is 5.32 Å². The molecule has 0 unspecified atom stereocenters. The minimum absolute atomic E-state index is 0.220.